The van der Waals surface area contributed by atoms with Crippen LogP contribution in [-0.2, 0) is 9.47 Å². The van der Waals surface area contributed by atoms with E-state index in [1.54, 1.807) is 0 Å². The van der Waals surface area contributed by atoms with Crippen molar-refractivity contribution < 1.29 is 14.3 Å². The summed E-state index contributed by atoms with van der Waals surface area (Å²) in [6, 6.07) is 0. The van der Waals surface area contributed by atoms with Crippen molar-refractivity contribution in [2.24, 2.45) is 5.92 Å². The summed E-state index contributed by atoms with van der Waals surface area (Å²) in [6.45, 7) is 10.1. The van der Waals surface area contributed by atoms with Crippen molar-refractivity contribution in [1.29, 1.82) is 0 Å². The largest absolute Gasteiger partial charge is 0.444 e. The van der Waals surface area contributed by atoms with Crippen LogP contribution in [0, 0.1) is 5.92 Å². The van der Waals surface area contributed by atoms with Gasteiger partial charge in [0.15, 0.2) is 0 Å². The van der Waals surface area contributed by atoms with Crippen LogP contribution in [-0.4, -0.2) is 41.9 Å². The predicted molar refractivity (Wildman–Crippen MR) is 83.4 cm³/mol. The molecule has 2 aliphatic rings. The van der Waals surface area contributed by atoms with Crippen molar-refractivity contribution in [1.82, 2.24) is 4.90 Å². The molecule has 2 fully saturated rings. The molecule has 0 bridgehead atoms. The first-order chi connectivity index (χ1) is 9.77. The molecular formula is C17H31NO3. The van der Waals surface area contributed by atoms with Gasteiger partial charge in [-0.1, -0.05) is 12.8 Å². The number of rotatable bonds is 3. The van der Waals surface area contributed by atoms with E-state index in [0.717, 1.165) is 31.9 Å². The van der Waals surface area contributed by atoms with E-state index in [1.165, 1.54) is 25.7 Å². The number of carbonyl (C=O) groups excluding carboxylic acids is 1. The molecule has 0 aromatic rings. The molecule has 1 aliphatic carbocycles. The van der Waals surface area contributed by atoms with E-state index >= 15 is 0 Å². The summed E-state index contributed by atoms with van der Waals surface area (Å²) in [5.74, 6) is 0.721. The molecule has 1 unspecified atom stereocenters. The molecule has 4 heteroatoms. The maximum absolute atomic E-state index is 12.2. The summed E-state index contributed by atoms with van der Waals surface area (Å²) in [6.07, 6.45) is 7.08. The molecule has 1 saturated heterocycles. The second-order valence-corrected chi connectivity index (χ2v) is 7.92. The SMILES string of the molecule is CC(C)(C)OC(=O)N1CCCC(C)(OCC2CCCC2)C1. The number of carbonyl (C=O) groups is 1. The summed E-state index contributed by atoms with van der Waals surface area (Å²) in [5.41, 5.74) is -0.645. The van der Waals surface area contributed by atoms with Crippen LogP contribution in [0.4, 0.5) is 4.79 Å². The van der Waals surface area contributed by atoms with E-state index in [1.807, 2.05) is 25.7 Å². The zero-order valence-corrected chi connectivity index (χ0v) is 14.1. The third-order valence-corrected chi connectivity index (χ3v) is 4.45. The molecule has 122 valence electrons. The maximum atomic E-state index is 12.2. The molecule has 1 amide bonds. The number of nitrogens with zero attached hydrogens (tertiary/aromatic N) is 1. The molecule has 1 saturated carbocycles. The minimum absolute atomic E-state index is 0.210. The van der Waals surface area contributed by atoms with E-state index in [0.29, 0.717) is 6.54 Å². The van der Waals surface area contributed by atoms with Crippen molar-refractivity contribution in [3.05, 3.63) is 0 Å². The second kappa shape index (κ2) is 6.55. The fraction of sp³-hybridized carbons (Fsp3) is 0.941. The fourth-order valence-corrected chi connectivity index (χ4v) is 3.30. The molecule has 0 aromatic carbocycles. The average molecular weight is 297 g/mol. The van der Waals surface area contributed by atoms with Crippen LogP contribution in [0.2, 0.25) is 0 Å². The normalized spacial score (nSPS) is 27.9. The quantitative estimate of drug-likeness (QED) is 0.791. The average Bonchev–Trinajstić information content (AvgIpc) is 2.88. The van der Waals surface area contributed by atoms with E-state index in [2.05, 4.69) is 6.92 Å². The zero-order chi connectivity index (χ0) is 15.5. The molecule has 0 spiro atoms. The van der Waals surface area contributed by atoms with E-state index in [-0.39, 0.29) is 11.7 Å². The van der Waals surface area contributed by atoms with Crippen LogP contribution in [0.25, 0.3) is 0 Å². The van der Waals surface area contributed by atoms with Gasteiger partial charge in [0.2, 0.25) is 0 Å². The van der Waals surface area contributed by atoms with Gasteiger partial charge in [-0.2, -0.15) is 0 Å². The first-order valence-corrected chi connectivity index (χ1v) is 8.39. The molecule has 1 heterocycles. The molecular weight excluding hydrogens is 266 g/mol. The molecule has 4 nitrogen and oxygen atoms in total. The Bertz CT molecular complexity index is 358. The summed E-state index contributed by atoms with van der Waals surface area (Å²) < 4.78 is 11.7. The molecule has 2 rings (SSSR count). The highest BCUT2D eigenvalue weighted by Crippen LogP contribution is 2.30. The van der Waals surface area contributed by atoms with Gasteiger partial charge >= 0.3 is 6.09 Å². The minimum Gasteiger partial charge on any atom is -0.444 e. The predicted octanol–water partition coefficient (Wildman–Crippen LogP) is 3.98. The molecule has 1 aliphatic heterocycles. The Hall–Kier alpha value is -0.770. The van der Waals surface area contributed by atoms with Gasteiger partial charge < -0.3 is 14.4 Å². The van der Waals surface area contributed by atoms with Gasteiger partial charge in [-0.05, 0) is 59.3 Å². The van der Waals surface area contributed by atoms with Gasteiger partial charge in [-0.3, -0.25) is 0 Å². The van der Waals surface area contributed by atoms with Crippen LogP contribution < -0.4 is 0 Å². The Morgan fingerprint density at radius 1 is 1.24 bits per heavy atom. The third kappa shape index (κ3) is 5.17. The molecule has 0 N–H and O–H groups in total. The number of piperidine rings is 1. The monoisotopic (exact) mass is 297 g/mol. The molecule has 1 atom stereocenters. The van der Waals surface area contributed by atoms with Gasteiger partial charge in [0.1, 0.15) is 5.60 Å². The van der Waals surface area contributed by atoms with Crippen LogP contribution in [0.1, 0.15) is 66.2 Å². The van der Waals surface area contributed by atoms with Gasteiger partial charge in [0, 0.05) is 6.54 Å². The van der Waals surface area contributed by atoms with Gasteiger partial charge in [0.25, 0.3) is 0 Å². The minimum atomic E-state index is -0.435. The van der Waals surface area contributed by atoms with Crippen molar-refractivity contribution in [3.8, 4) is 0 Å². The lowest BCUT2D eigenvalue weighted by Gasteiger charge is -2.41. The third-order valence-electron chi connectivity index (χ3n) is 4.45. The van der Waals surface area contributed by atoms with Crippen LogP contribution in [0.3, 0.4) is 0 Å². The highest BCUT2D eigenvalue weighted by Gasteiger charge is 2.36. The van der Waals surface area contributed by atoms with Gasteiger partial charge in [-0.15, -0.1) is 0 Å². The molecule has 0 radical (unpaired) electrons. The maximum Gasteiger partial charge on any atom is 0.410 e. The van der Waals surface area contributed by atoms with Gasteiger partial charge in [0.05, 0.1) is 18.8 Å². The fourth-order valence-electron chi connectivity index (χ4n) is 3.30. The Labute approximate surface area is 129 Å². The number of ether oxygens (including phenoxy) is 2. The van der Waals surface area contributed by atoms with Crippen LogP contribution in [0.15, 0.2) is 0 Å². The number of hydrogen-bond acceptors (Lipinski definition) is 3. The molecule has 21 heavy (non-hydrogen) atoms. The first kappa shape index (κ1) is 16.6. The number of likely N-dealkylation sites (tertiary alicyclic amines) is 1. The van der Waals surface area contributed by atoms with Crippen LogP contribution >= 0.6 is 0 Å². The zero-order valence-electron chi connectivity index (χ0n) is 14.1. The summed E-state index contributed by atoms with van der Waals surface area (Å²) in [4.78, 5) is 14.0. The summed E-state index contributed by atoms with van der Waals surface area (Å²) in [7, 11) is 0. The van der Waals surface area contributed by atoms with E-state index < -0.39 is 5.60 Å². The topological polar surface area (TPSA) is 38.8 Å². The lowest BCUT2D eigenvalue weighted by atomic mass is 9.94. The Kier molecular flexibility index (Phi) is 5.18. The number of amides is 1. The Morgan fingerprint density at radius 3 is 2.52 bits per heavy atom. The number of hydrogen-bond donors (Lipinski definition) is 0. The standard InChI is InChI=1S/C17H31NO3/c1-16(2,3)21-15(19)18-11-7-10-17(4,13-18)20-12-14-8-5-6-9-14/h14H,5-13H2,1-4H3. The van der Waals surface area contributed by atoms with Gasteiger partial charge in [-0.25, -0.2) is 4.79 Å². The first-order valence-electron chi connectivity index (χ1n) is 8.39. The molecule has 0 aromatic heterocycles. The highest BCUT2D eigenvalue weighted by atomic mass is 16.6. The van der Waals surface area contributed by atoms with Crippen molar-refractivity contribution in [2.75, 3.05) is 19.7 Å². The lowest BCUT2D eigenvalue weighted by molar-refractivity contribution is -0.0896. The summed E-state index contributed by atoms with van der Waals surface area (Å²) >= 11 is 0. The highest BCUT2D eigenvalue weighted by molar-refractivity contribution is 5.68. The smallest absolute Gasteiger partial charge is 0.410 e. The Morgan fingerprint density at radius 2 is 1.90 bits per heavy atom. The van der Waals surface area contributed by atoms with Crippen molar-refractivity contribution in [2.45, 2.75) is 77.4 Å². The Balaban J connectivity index is 1.84. The van der Waals surface area contributed by atoms with Crippen molar-refractivity contribution >= 4 is 6.09 Å². The lowest BCUT2D eigenvalue weighted by Crippen LogP contribution is -2.51. The van der Waals surface area contributed by atoms with E-state index in [9.17, 15) is 4.79 Å². The second-order valence-electron chi connectivity index (χ2n) is 7.92. The van der Waals surface area contributed by atoms with Crippen molar-refractivity contribution in [3.63, 3.8) is 0 Å². The van der Waals surface area contributed by atoms with Crippen LogP contribution in [0.5, 0.6) is 0 Å². The van der Waals surface area contributed by atoms with E-state index in [4.69, 9.17) is 9.47 Å². The summed E-state index contributed by atoms with van der Waals surface area (Å²) in [5, 5.41) is 0.